The Kier molecular flexibility index (Phi) is 4.60. The van der Waals surface area contributed by atoms with Gasteiger partial charge in [0.05, 0.1) is 10.5 Å². The van der Waals surface area contributed by atoms with Gasteiger partial charge in [-0.25, -0.2) is 0 Å². The highest BCUT2D eigenvalue weighted by atomic mass is 16.6. The van der Waals surface area contributed by atoms with Gasteiger partial charge in [-0.15, -0.1) is 0 Å². The summed E-state index contributed by atoms with van der Waals surface area (Å²) in [5, 5.41) is 23.4. The molecule has 2 N–H and O–H groups in total. The molecule has 0 aromatic heterocycles. The first-order chi connectivity index (χ1) is 7.94. The molecule has 0 radical (unpaired) electrons. The van der Waals surface area contributed by atoms with Crippen LogP contribution in [0.4, 0.5) is 5.69 Å². The summed E-state index contributed by atoms with van der Waals surface area (Å²) in [5.41, 5.74) is 0.193. The second-order valence-electron chi connectivity index (χ2n) is 4.38. The topological polar surface area (TPSA) is 75.4 Å². The maximum absolute atomic E-state index is 10.6. The zero-order valence-electron chi connectivity index (χ0n) is 10.1. The molecular weight excluding hydrogens is 220 g/mol. The molecular formula is C12H18N2O3. The van der Waals surface area contributed by atoms with E-state index in [1.165, 1.54) is 12.1 Å². The van der Waals surface area contributed by atoms with E-state index in [0.29, 0.717) is 19.5 Å². The van der Waals surface area contributed by atoms with Crippen LogP contribution in [0.3, 0.4) is 0 Å². The Morgan fingerprint density at radius 3 is 2.82 bits per heavy atom. The number of nitrogens with zero attached hydrogens (tertiary/aromatic N) is 1. The van der Waals surface area contributed by atoms with E-state index in [1.54, 1.807) is 13.0 Å². The first-order valence-electron chi connectivity index (χ1n) is 5.61. The molecule has 0 aliphatic carbocycles. The standard InChI is InChI=1S/C12H18N2O3/c1-3-12(2,15)9-13-8-10-5-4-6-11(7-10)14(16)17/h4-7,13,15H,3,8-9H2,1-2H3. The van der Waals surface area contributed by atoms with Gasteiger partial charge in [-0.05, 0) is 18.9 Å². The normalized spacial score (nSPS) is 14.3. The van der Waals surface area contributed by atoms with Crippen LogP contribution in [0.5, 0.6) is 0 Å². The van der Waals surface area contributed by atoms with Gasteiger partial charge in [0.1, 0.15) is 0 Å². The second kappa shape index (κ2) is 5.75. The number of hydrogen-bond donors (Lipinski definition) is 2. The van der Waals surface area contributed by atoms with Gasteiger partial charge < -0.3 is 10.4 Å². The highest BCUT2D eigenvalue weighted by Gasteiger charge is 2.16. The molecule has 17 heavy (non-hydrogen) atoms. The number of nitrogens with one attached hydrogen (secondary N) is 1. The Morgan fingerprint density at radius 1 is 1.53 bits per heavy atom. The van der Waals surface area contributed by atoms with Crippen molar-refractivity contribution in [1.29, 1.82) is 0 Å². The minimum absolute atomic E-state index is 0.0894. The van der Waals surface area contributed by atoms with Gasteiger partial charge in [0.15, 0.2) is 0 Å². The summed E-state index contributed by atoms with van der Waals surface area (Å²) >= 11 is 0. The Labute approximate surface area is 101 Å². The van der Waals surface area contributed by atoms with Gasteiger partial charge in [-0.3, -0.25) is 10.1 Å². The Balaban J connectivity index is 2.52. The van der Waals surface area contributed by atoms with Gasteiger partial charge in [0.2, 0.25) is 0 Å². The Bertz CT molecular complexity index is 391. The fourth-order valence-corrected chi connectivity index (χ4v) is 1.38. The van der Waals surface area contributed by atoms with Crippen molar-refractivity contribution in [3.05, 3.63) is 39.9 Å². The maximum atomic E-state index is 10.6. The van der Waals surface area contributed by atoms with E-state index in [9.17, 15) is 15.2 Å². The van der Waals surface area contributed by atoms with E-state index in [0.717, 1.165) is 5.56 Å². The number of rotatable bonds is 6. The van der Waals surface area contributed by atoms with Crippen LogP contribution >= 0.6 is 0 Å². The predicted molar refractivity (Wildman–Crippen MR) is 65.7 cm³/mol. The molecule has 0 fully saturated rings. The molecule has 0 saturated carbocycles. The monoisotopic (exact) mass is 238 g/mol. The summed E-state index contributed by atoms with van der Waals surface area (Å²) in [6, 6.07) is 6.48. The fourth-order valence-electron chi connectivity index (χ4n) is 1.38. The molecule has 0 aliphatic heterocycles. The molecule has 1 rings (SSSR count). The molecule has 0 saturated heterocycles. The first-order valence-corrected chi connectivity index (χ1v) is 5.61. The molecule has 0 spiro atoms. The molecule has 0 amide bonds. The predicted octanol–water partition coefficient (Wildman–Crippen LogP) is 1.85. The summed E-state index contributed by atoms with van der Waals surface area (Å²) in [6.07, 6.45) is 0.662. The molecule has 1 aromatic rings. The third-order valence-corrected chi connectivity index (χ3v) is 2.72. The lowest BCUT2D eigenvalue weighted by Crippen LogP contribution is -2.36. The van der Waals surface area contributed by atoms with E-state index in [1.807, 2.05) is 13.0 Å². The molecule has 0 bridgehead atoms. The largest absolute Gasteiger partial charge is 0.389 e. The van der Waals surface area contributed by atoms with Gasteiger partial charge in [0, 0.05) is 25.2 Å². The lowest BCUT2D eigenvalue weighted by atomic mass is 10.0. The Morgan fingerprint density at radius 2 is 2.24 bits per heavy atom. The Hall–Kier alpha value is -1.46. The van der Waals surface area contributed by atoms with Crippen LogP contribution in [0.2, 0.25) is 0 Å². The highest BCUT2D eigenvalue weighted by Crippen LogP contribution is 2.13. The fraction of sp³-hybridized carbons (Fsp3) is 0.500. The van der Waals surface area contributed by atoms with Crippen molar-refractivity contribution in [3.8, 4) is 0 Å². The number of nitro benzene ring substituents is 1. The van der Waals surface area contributed by atoms with Crippen LogP contribution in [-0.4, -0.2) is 22.2 Å². The minimum Gasteiger partial charge on any atom is -0.389 e. The minimum atomic E-state index is -0.735. The van der Waals surface area contributed by atoms with Crippen molar-refractivity contribution in [2.24, 2.45) is 0 Å². The number of benzene rings is 1. The maximum Gasteiger partial charge on any atom is 0.269 e. The summed E-state index contributed by atoms with van der Waals surface area (Å²) in [7, 11) is 0. The van der Waals surface area contributed by atoms with Crippen molar-refractivity contribution in [1.82, 2.24) is 5.32 Å². The van der Waals surface area contributed by atoms with Crippen molar-refractivity contribution in [3.63, 3.8) is 0 Å². The van der Waals surface area contributed by atoms with Gasteiger partial charge in [-0.2, -0.15) is 0 Å². The number of non-ortho nitro benzene ring substituents is 1. The molecule has 0 heterocycles. The third kappa shape index (κ3) is 4.50. The van der Waals surface area contributed by atoms with Crippen molar-refractivity contribution >= 4 is 5.69 Å². The van der Waals surface area contributed by atoms with E-state index >= 15 is 0 Å². The zero-order valence-corrected chi connectivity index (χ0v) is 10.1. The quantitative estimate of drug-likeness (QED) is 0.585. The van der Waals surface area contributed by atoms with Crippen molar-refractivity contribution in [2.45, 2.75) is 32.4 Å². The average Bonchev–Trinajstić information content (AvgIpc) is 2.29. The summed E-state index contributed by atoms with van der Waals surface area (Å²) in [5.74, 6) is 0. The van der Waals surface area contributed by atoms with Crippen LogP contribution in [0.1, 0.15) is 25.8 Å². The molecule has 1 aromatic carbocycles. The molecule has 1 atom stereocenters. The van der Waals surface area contributed by atoms with Crippen LogP contribution in [0, 0.1) is 10.1 Å². The van der Waals surface area contributed by atoms with E-state index in [-0.39, 0.29) is 5.69 Å². The van der Waals surface area contributed by atoms with Crippen LogP contribution in [-0.2, 0) is 6.54 Å². The molecule has 5 nitrogen and oxygen atoms in total. The van der Waals surface area contributed by atoms with Crippen LogP contribution in [0.15, 0.2) is 24.3 Å². The molecule has 0 aliphatic rings. The number of hydrogen-bond acceptors (Lipinski definition) is 4. The average molecular weight is 238 g/mol. The van der Waals surface area contributed by atoms with Gasteiger partial charge in [0.25, 0.3) is 5.69 Å². The summed E-state index contributed by atoms with van der Waals surface area (Å²) in [6.45, 7) is 4.65. The lowest BCUT2D eigenvalue weighted by molar-refractivity contribution is -0.384. The second-order valence-corrected chi connectivity index (χ2v) is 4.38. The van der Waals surface area contributed by atoms with Crippen molar-refractivity contribution < 1.29 is 10.0 Å². The van der Waals surface area contributed by atoms with E-state index < -0.39 is 10.5 Å². The van der Waals surface area contributed by atoms with Gasteiger partial charge >= 0.3 is 0 Å². The lowest BCUT2D eigenvalue weighted by Gasteiger charge is -2.21. The molecule has 5 heteroatoms. The van der Waals surface area contributed by atoms with Crippen LogP contribution < -0.4 is 5.32 Å². The third-order valence-electron chi connectivity index (χ3n) is 2.72. The molecule has 1 unspecified atom stereocenters. The number of aliphatic hydroxyl groups is 1. The first kappa shape index (κ1) is 13.6. The van der Waals surface area contributed by atoms with Gasteiger partial charge in [-0.1, -0.05) is 19.1 Å². The molecule has 94 valence electrons. The summed E-state index contributed by atoms with van der Waals surface area (Å²) < 4.78 is 0. The smallest absolute Gasteiger partial charge is 0.269 e. The van der Waals surface area contributed by atoms with Crippen molar-refractivity contribution in [2.75, 3.05) is 6.54 Å². The van der Waals surface area contributed by atoms with E-state index in [2.05, 4.69) is 5.32 Å². The van der Waals surface area contributed by atoms with E-state index in [4.69, 9.17) is 0 Å². The highest BCUT2D eigenvalue weighted by molar-refractivity contribution is 5.34. The SMILES string of the molecule is CCC(C)(O)CNCc1cccc([N+](=O)[O-])c1. The summed E-state index contributed by atoms with van der Waals surface area (Å²) in [4.78, 5) is 10.2. The number of nitro groups is 1. The van der Waals surface area contributed by atoms with Crippen LogP contribution in [0.25, 0.3) is 0 Å². The zero-order chi connectivity index (χ0) is 12.9.